The number of benzene rings is 9. The second-order valence-electron chi connectivity index (χ2n) is 18.4. The van der Waals surface area contributed by atoms with Crippen LogP contribution >= 0.6 is 0 Å². The molecule has 0 spiro atoms. The minimum absolute atomic E-state index is 0.0380. The Morgan fingerprint density at radius 3 is 1.26 bits per heavy atom. The van der Waals surface area contributed by atoms with Crippen LogP contribution in [0.2, 0.25) is 0 Å². The van der Waals surface area contributed by atoms with Gasteiger partial charge in [0, 0.05) is 33.1 Å². The summed E-state index contributed by atoms with van der Waals surface area (Å²) >= 11 is 0. The summed E-state index contributed by atoms with van der Waals surface area (Å²) in [6.07, 6.45) is 0. The van der Waals surface area contributed by atoms with E-state index in [2.05, 4.69) is 222 Å². The number of fused-ring (bicyclic) bond motifs is 9. The third-order valence-corrected chi connectivity index (χ3v) is 14.3. The molecule has 0 saturated carbocycles. The van der Waals surface area contributed by atoms with E-state index in [1.807, 2.05) is 6.07 Å². The quantitative estimate of drug-likeness (QED) is 0.153. The molecular formula is C61H46O. The molecule has 0 amide bonds. The van der Waals surface area contributed by atoms with Crippen LogP contribution in [-0.4, -0.2) is 0 Å². The number of hydrogen-bond donors (Lipinski definition) is 0. The van der Waals surface area contributed by atoms with Crippen molar-refractivity contribution in [1.29, 1.82) is 0 Å². The molecule has 2 aliphatic carbocycles. The van der Waals surface area contributed by atoms with Crippen molar-refractivity contribution in [2.45, 2.75) is 44.4 Å². The lowest BCUT2D eigenvalue weighted by Crippen LogP contribution is -2.14. The van der Waals surface area contributed by atoms with Crippen molar-refractivity contribution in [3.63, 3.8) is 0 Å². The standard InChI is InChI=1S/C61H46O/c1-60(2)53-17-8-5-12-47(53)49-34-32-44(36-55(49)60)38-20-26-41(27-21-38)58(43-30-24-40(25-31-43)46-15-11-16-52-51-14-7-10-19-57(51)62-59(46)52)42-28-22-39(23-29-42)45-33-35-50-48-13-6-9-18-54(48)61(3,4)56(50)37-45/h5-37,58H,1-4H3. The molecule has 62 heavy (non-hydrogen) atoms. The van der Waals surface area contributed by atoms with E-state index in [1.165, 1.54) is 83.5 Å². The van der Waals surface area contributed by atoms with E-state index in [0.29, 0.717) is 0 Å². The predicted molar refractivity (Wildman–Crippen MR) is 259 cm³/mol. The zero-order chi connectivity index (χ0) is 41.7. The van der Waals surface area contributed by atoms with Crippen LogP contribution in [0.1, 0.15) is 72.6 Å². The zero-order valence-electron chi connectivity index (χ0n) is 35.5. The molecule has 1 aromatic heterocycles. The minimum atomic E-state index is -0.0395. The van der Waals surface area contributed by atoms with Gasteiger partial charge in [-0.1, -0.05) is 210 Å². The Morgan fingerprint density at radius 2 is 0.726 bits per heavy atom. The van der Waals surface area contributed by atoms with Gasteiger partial charge < -0.3 is 4.42 Å². The first-order valence-electron chi connectivity index (χ1n) is 21.9. The lowest BCUT2D eigenvalue weighted by Gasteiger charge is -2.22. The van der Waals surface area contributed by atoms with Gasteiger partial charge in [0.1, 0.15) is 11.2 Å². The Kier molecular flexibility index (Phi) is 8.06. The first-order valence-corrected chi connectivity index (χ1v) is 21.9. The van der Waals surface area contributed by atoms with Gasteiger partial charge in [0.2, 0.25) is 0 Å². The lowest BCUT2D eigenvalue weighted by atomic mass is 9.81. The van der Waals surface area contributed by atoms with Gasteiger partial charge in [0.15, 0.2) is 0 Å². The lowest BCUT2D eigenvalue weighted by molar-refractivity contribution is 0.660. The molecule has 0 N–H and O–H groups in total. The Morgan fingerprint density at radius 1 is 0.323 bits per heavy atom. The van der Waals surface area contributed by atoms with Crippen LogP contribution in [0.25, 0.3) is 77.6 Å². The van der Waals surface area contributed by atoms with Gasteiger partial charge >= 0.3 is 0 Å². The highest BCUT2D eigenvalue weighted by atomic mass is 16.3. The highest BCUT2D eigenvalue weighted by Gasteiger charge is 2.36. The minimum Gasteiger partial charge on any atom is -0.455 e. The third-order valence-electron chi connectivity index (χ3n) is 14.3. The fourth-order valence-corrected chi connectivity index (χ4v) is 10.9. The summed E-state index contributed by atoms with van der Waals surface area (Å²) < 4.78 is 6.45. The molecule has 0 radical (unpaired) electrons. The molecule has 10 aromatic rings. The SMILES string of the molecule is CC1(C)c2ccccc2-c2ccc(-c3ccc(C(c4ccc(-c5ccc6c(c5)C(C)(C)c5ccccc5-6)cc4)c4ccc(-c5cccc6c5oc5ccccc56)cc4)cc3)cc21. The van der Waals surface area contributed by atoms with Crippen LogP contribution in [-0.2, 0) is 10.8 Å². The first-order chi connectivity index (χ1) is 30.2. The molecule has 2 aliphatic rings. The molecule has 0 unspecified atom stereocenters. The molecule has 0 aliphatic heterocycles. The van der Waals surface area contributed by atoms with Crippen LogP contribution in [0, 0.1) is 0 Å². The van der Waals surface area contributed by atoms with Crippen LogP contribution in [0.5, 0.6) is 0 Å². The zero-order valence-corrected chi connectivity index (χ0v) is 35.5. The van der Waals surface area contributed by atoms with Gasteiger partial charge in [-0.3, -0.25) is 0 Å². The second-order valence-corrected chi connectivity index (χ2v) is 18.4. The van der Waals surface area contributed by atoms with E-state index in [0.717, 1.165) is 33.1 Å². The van der Waals surface area contributed by atoms with Gasteiger partial charge in [-0.2, -0.15) is 0 Å². The summed E-state index contributed by atoms with van der Waals surface area (Å²) in [4.78, 5) is 0. The average molecular weight is 795 g/mol. The molecule has 1 nitrogen and oxygen atoms in total. The van der Waals surface area contributed by atoms with Crippen molar-refractivity contribution < 1.29 is 4.42 Å². The van der Waals surface area contributed by atoms with Crippen LogP contribution in [0.15, 0.2) is 205 Å². The molecule has 1 heterocycles. The van der Waals surface area contributed by atoms with E-state index >= 15 is 0 Å². The van der Waals surface area contributed by atoms with Crippen molar-refractivity contribution in [2.75, 3.05) is 0 Å². The number of para-hydroxylation sites is 2. The van der Waals surface area contributed by atoms with Crippen molar-refractivity contribution in [3.05, 3.63) is 239 Å². The van der Waals surface area contributed by atoms with Crippen molar-refractivity contribution >= 4 is 21.9 Å². The summed E-state index contributed by atoms with van der Waals surface area (Å²) in [6, 6.07) is 74.4. The Balaban J connectivity index is 0.918. The van der Waals surface area contributed by atoms with Gasteiger partial charge in [0.05, 0.1) is 0 Å². The number of furan rings is 1. The highest BCUT2D eigenvalue weighted by Crippen LogP contribution is 2.51. The van der Waals surface area contributed by atoms with E-state index in [-0.39, 0.29) is 16.7 Å². The van der Waals surface area contributed by atoms with Gasteiger partial charge in [-0.05, 0) is 107 Å². The van der Waals surface area contributed by atoms with E-state index in [9.17, 15) is 0 Å². The Bertz CT molecular complexity index is 3220. The van der Waals surface area contributed by atoms with Gasteiger partial charge in [-0.15, -0.1) is 0 Å². The molecule has 0 bridgehead atoms. The fraction of sp³-hybridized carbons (Fsp3) is 0.115. The topological polar surface area (TPSA) is 13.1 Å². The predicted octanol–water partition coefficient (Wildman–Crippen LogP) is 16.4. The maximum absolute atomic E-state index is 6.45. The summed E-state index contributed by atoms with van der Waals surface area (Å²) in [5, 5.41) is 2.29. The van der Waals surface area contributed by atoms with E-state index in [1.54, 1.807) is 0 Å². The summed E-state index contributed by atoms with van der Waals surface area (Å²) in [7, 11) is 0. The molecule has 9 aromatic carbocycles. The summed E-state index contributed by atoms with van der Waals surface area (Å²) in [5.74, 6) is 0.0380. The number of rotatable bonds is 6. The molecule has 0 fully saturated rings. The smallest absolute Gasteiger partial charge is 0.143 e. The van der Waals surface area contributed by atoms with E-state index in [4.69, 9.17) is 4.42 Å². The molecule has 0 saturated heterocycles. The van der Waals surface area contributed by atoms with Gasteiger partial charge in [-0.25, -0.2) is 0 Å². The molecule has 12 rings (SSSR count). The van der Waals surface area contributed by atoms with Gasteiger partial charge in [0.25, 0.3) is 0 Å². The number of hydrogen-bond acceptors (Lipinski definition) is 1. The normalized spacial score (nSPS) is 14.2. The first kappa shape index (κ1) is 36.6. The Hall–Kier alpha value is -7.22. The van der Waals surface area contributed by atoms with Crippen molar-refractivity contribution in [1.82, 2.24) is 0 Å². The third kappa shape index (κ3) is 5.54. The maximum Gasteiger partial charge on any atom is 0.143 e. The molecule has 0 atom stereocenters. The Labute approximate surface area is 364 Å². The van der Waals surface area contributed by atoms with E-state index < -0.39 is 0 Å². The summed E-state index contributed by atoms with van der Waals surface area (Å²) in [6.45, 7) is 9.42. The largest absolute Gasteiger partial charge is 0.455 e. The maximum atomic E-state index is 6.45. The van der Waals surface area contributed by atoms with Crippen LogP contribution in [0.4, 0.5) is 0 Å². The molecule has 1 heteroatoms. The van der Waals surface area contributed by atoms with Crippen molar-refractivity contribution in [2.24, 2.45) is 0 Å². The summed E-state index contributed by atoms with van der Waals surface area (Å²) in [5.41, 5.74) is 23.8. The van der Waals surface area contributed by atoms with Crippen LogP contribution < -0.4 is 0 Å². The average Bonchev–Trinajstić information content (AvgIpc) is 3.89. The highest BCUT2D eigenvalue weighted by molar-refractivity contribution is 6.09. The monoisotopic (exact) mass is 794 g/mol. The fourth-order valence-electron chi connectivity index (χ4n) is 10.9. The van der Waals surface area contributed by atoms with Crippen LogP contribution in [0.3, 0.4) is 0 Å². The molecular weight excluding hydrogens is 749 g/mol. The second kappa shape index (κ2) is 13.6. The van der Waals surface area contributed by atoms with Crippen molar-refractivity contribution in [3.8, 4) is 55.6 Å². The molecule has 296 valence electrons.